The molecule has 134 valence electrons. The molecule has 0 radical (unpaired) electrons. The van der Waals surface area contributed by atoms with Gasteiger partial charge >= 0.3 is 0 Å². The van der Waals surface area contributed by atoms with Gasteiger partial charge in [-0.1, -0.05) is 42.5 Å². The van der Waals surface area contributed by atoms with Gasteiger partial charge in [-0.15, -0.1) is 0 Å². The topological polar surface area (TPSA) is 51.0 Å². The van der Waals surface area contributed by atoms with Crippen molar-refractivity contribution in [1.82, 2.24) is 9.97 Å². The van der Waals surface area contributed by atoms with E-state index in [2.05, 4.69) is 45.6 Å². The zero-order chi connectivity index (χ0) is 18.2. The molecule has 0 fully saturated rings. The molecule has 2 heterocycles. The number of rotatable bonds is 3. The van der Waals surface area contributed by atoms with E-state index in [4.69, 9.17) is 4.42 Å². The van der Waals surface area contributed by atoms with Crippen molar-refractivity contribution in [3.63, 3.8) is 0 Å². The van der Waals surface area contributed by atoms with Crippen LogP contribution in [0, 0.1) is 6.92 Å². The van der Waals surface area contributed by atoms with E-state index in [-0.39, 0.29) is 6.04 Å². The normalized spacial score (nSPS) is 16.3. The molecule has 1 aliphatic rings. The van der Waals surface area contributed by atoms with Crippen molar-refractivity contribution in [2.24, 2.45) is 0 Å². The van der Waals surface area contributed by atoms with Crippen LogP contribution in [0.2, 0.25) is 0 Å². The molecule has 2 aromatic heterocycles. The van der Waals surface area contributed by atoms with Gasteiger partial charge in [-0.3, -0.25) is 0 Å². The number of hydrogen-bond donors (Lipinski definition) is 1. The number of fused-ring (bicyclic) bond motifs is 2. The van der Waals surface area contributed by atoms with Gasteiger partial charge in [0.1, 0.15) is 22.9 Å². The monoisotopic (exact) mass is 355 g/mol. The molecule has 0 spiro atoms. The molecule has 4 heteroatoms. The minimum absolute atomic E-state index is 0.285. The SMILES string of the molecule is Cc1nc(N[C@@H]2CCCc3ccccc32)cc(-c2cc3ccccc3o2)n1. The molecule has 1 N–H and O–H groups in total. The fraction of sp³-hybridized carbons (Fsp3) is 0.217. The molecule has 4 aromatic rings. The Hall–Kier alpha value is -3.14. The van der Waals surface area contributed by atoms with Gasteiger partial charge in [0, 0.05) is 11.5 Å². The first kappa shape index (κ1) is 16.1. The lowest BCUT2D eigenvalue weighted by Gasteiger charge is -2.27. The number of aromatic nitrogens is 2. The van der Waals surface area contributed by atoms with E-state index in [0.717, 1.165) is 46.9 Å². The van der Waals surface area contributed by atoms with Crippen LogP contribution in [-0.4, -0.2) is 9.97 Å². The van der Waals surface area contributed by atoms with E-state index < -0.39 is 0 Å². The smallest absolute Gasteiger partial charge is 0.154 e. The first-order valence-corrected chi connectivity index (χ1v) is 9.45. The van der Waals surface area contributed by atoms with Crippen LogP contribution in [0.5, 0.6) is 0 Å². The summed E-state index contributed by atoms with van der Waals surface area (Å²) in [7, 11) is 0. The standard InChI is InChI=1S/C23H21N3O/c1-15-24-20(22-13-17-8-3-5-12-21(17)27-22)14-23(25-15)26-19-11-6-9-16-7-2-4-10-18(16)19/h2-5,7-8,10,12-14,19H,6,9,11H2,1H3,(H,24,25,26)/t19-/m1/s1. The fourth-order valence-corrected chi connectivity index (χ4v) is 3.96. The highest BCUT2D eigenvalue weighted by molar-refractivity contribution is 5.82. The Morgan fingerprint density at radius 1 is 1.00 bits per heavy atom. The van der Waals surface area contributed by atoms with Gasteiger partial charge in [-0.2, -0.15) is 0 Å². The fourth-order valence-electron chi connectivity index (χ4n) is 3.96. The number of hydrogen-bond acceptors (Lipinski definition) is 4. The van der Waals surface area contributed by atoms with E-state index >= 15 is 0 Å². The third kappa shape index (κ3) is 3.08. The largest absolute Gasteiger partial charge is 0.454 e. The Kier molecular flexibility index (Phi) is 3.89. The quantitative estimate of drug-likeness (QED) is 0.513. The summed E-state index contributed by atoms with van der Waals surface area (Å²) in [4.78, 5) is 9.21. The zero-order valence-corrected chi connectivity index (χ0v) is 15.3. The van der Waals surface area contributed by atoms with Crippen LogP contribution >= 0.6 is 0 Å². The van der Waals surface area contributed by atoms with Crippen molar-refractivity contribution >= 4 is 16.8 Å². The van der Waals surface area contributed by atoms with Crippen molar-refractivity contribution in [3.05, 3.63) is 77.6 Å². The van der Waals surface area contributed by atoms with Crippen LogP contribution in [-0.2, 0) is 6.42 Å². The third-order valence-corrected chi connectivity index (χ3v) is 5.21. The lowest BCUT2D eigenvalue weighted by Crippen LogP contribution is -2.18. The highest BCUT2D eigenvalue weighted by atomic mass is 16.3. The van der Waals surface area contributed by atoms with E-state index in [9.17, 15) is 0 Å². The summed E-state index contributed by atoms with van der Waals surface area (Å²) < 4.78 is 5.99. The first-order valence-electron chi connectivity index (χ1n) is 9.45. The van der Waals surface area contributed by atoms with Gasteiger partial charge in [0.25, 0.3) is 0 Å². The van der Waals surface area contributed by atoms with Crippen molar-refractivity contribution in [1.29, 1.82) is 0 Å². The van der Waals surface area contributed by atoms with Crippen LogP contribution in [0.15, 0.2) is 65.1 Å². The van der Waals surface area contributed by atoms with Crippen LogP contribution in [0.3, 0.4) is 0 Å². The van der Waals surface area contributed by atoms with Gasteiger partial charge in [0.2, 0.25) is 0 Å². The summed E-state index contributed by atoms with van der Waals surface area (Å²) in [5, 5.41) is 4.71. The highest BCUT2D eigenvalue weighted by Crippen LogP contribution is 2.33. The summed E-state index contributed by atoms with van der Waals surface area (Å²) in [5.74, 6) is 2.35. The average Bonchev–Trinajstić information content (AvgIpc) is 3.12. The summed E-state index contributed by atoms with van der Waals surface area (Å²) in [5.41, 5.74) is 4.50. The molecular weight excluding hydrogens is 334 g/mol. The van der Waals surface area contributed by atoms with E-state index in [1.54, 1.807) is 0 Å². The van der Waals surface area contributed by atoms with Gasteiger partial charge < -0.3 is 9.73 Å². The van der Waals surface area contributed by atoms with Crippen molar-refractivity contribution < 1.29 is 4.42 Å². The molecule has 0 bridgehead atoms. The maximum Gasteiger partial charge on any atom is 0.154 e. The predicted molar refractivity (Wildman–Crippen MR) is 108 cm³/mol. The number of benzene rings is 2. The number of nitrogens with zero attached hydrogens (tertiary/aromatic N) is 2. The molecule has 4 nitrogen and oxygen atoms in total. The Morgan fingerprint density at radius 2 is 1.85 bits per heavy atom. The van der Waals surface area contributed by atoms with Gasteiger partial charge in [0.15, 0.2) is 5.76 Å². The molecule has 1 atom stereocenters. The molecule has 0 unspecified atom stereocenters. The van der Waals surface area contributed by atoms with Crippen molar-refractivity contribution in [3.8, 4) is 11.5 Å². The summed E-state index contributed by atoms with van der Waals surface area (Å²) >= 11 is 0. The maximum atomic E-state index is 5.99. The maximum absolute atomic E-state index is 5.99. The average molecular weight is 355 g/mol. The molecule has 1 aliphatic carbocycles. The Labute approximate surface area is 158 Å². The number of furan rings is 1. The van der Waals surface area contributed by atoms with Crippen LogP contribution in [0.4, 0.5) is 5.82 Å². The minimum Gasteiger partial charge on any atom is -0.454 e. The molecule has 0 amide bonds. The lowest BCUT2D eigenvalue weighted by molar-refractivity contribution is 0.598. The summed E-state index contributed by atoms with van der Waals surface area (Å²) in [6.45, 7) is 1.92. The Bertz CT molecular complexity index is 1080. The summed E-state index contributed by atoms with van der Waals surface area (Å²) in [6.07, 6.45) is 3.45. The van der Waals surface area contributed by atoms with E-state index in [1.165, 1.54) is 17.5 Å². The highest BCUT2D eigenvalue weighted by Gasteiger charge is 2.20. The Balaban J connectivity index is 1.49. The van der Waals surface area contributed by atoms with Gasteiger partial charge in [-0.25, -0.2) is 9.97 Å². The second-order valence-corrected chi connectivity index (χ2v) is 7.12. The van der Waals surface area contributed by atoms with Crippen molar-refractivity contribution in [2.75, 3.05) is 5.32 Å². The second kappa shape index (κ2) is 6.54. The van der Waals surface area contributed by atoms with Gasteiger partial charge in [-0.05, 0) is 49.4 Å². The predicted octanol–water partition coefficient (Wildman–Crippen LogP) is 5.69. The third-order valence-electron chi connectivity index (χ3n) is 5.21. The Morgan fingerprint density at radius 3 is 2.78 bits per heavy atom. The van der Waals surface area contributed by atoms with Gasteiger partial charge in [0.05, 0.1) is 6.04 Å². The number of aryl methyl sites for hydroxylation is 2. The van der Waals surface area contributed by atoms with Crippen LogP contribution < -0.4 is 5.32 Å². The minimum atomic E-state index is 0.285. The van der Waals surface area contributed by atoms with E-state index in [0.29, 0.717) is 0 Å². The van der Waals surface area contributed by atoms with Crippen LogP contribution in [0.25, 0.3) is 22.4 Å². The molecule has 0 aliphatic heterocycles. The summed E-state index contributed by atoms with van der Waals surface area (Å²) in [6, 6.07) is 21.0. The van der Waals surface area contributed by atoms with E-state index in [1.807, 2.05) is 37.3 Å². The van der Waals surface area contributed by atoms with Crippen LogP contribution in [0.1, 0.15) is 35.8 Å². The molecule has 5 rings (SSSR count). The molecule has 0 saturated carbocycles. The molecule has 0 saturated heterocycles. The first-order chi connectivity index (χ1) is 13.3. The molecule has 27 heavy (non-hydrogen) atoms. The number of nitrogens with one attached hydrogen (secondary N) is 1. The zero-order valence-electron chi connectivity index (χ0n) is 15.3. The second-order valence-electron chi connectivity index (χ2n) is 7.12. The number of para-hydroxylation sites is 1. The molecular formula is C23H21N3O. The molecule has 2 aromatic carbocycles. The van der Waals surface area contributed by atoms with Crippen molar-refractivity contribution in [2.45, 2.75) is 32.2 Å². The number of anilines is 1. The lowest BCUT2D eigenvalue weighted by atomic mass is 9.88.